The van der Waals surface area contributed by atoms with E-state index in [1.54, 1.807) is 16.7 Å². The topological polar surface area (TPSA) is 89.5 Å². The average molecular weight is 295 g/mol. The Bertz CT molecular complexity index is 536. The maximum Gasteiger partial charge on any atom is 0.270 e. The van der Waals surface area contributed by atoms with E-state index in [0.717, 1.165) is 18.6 Å². The van der Waals surface area contributed by atoms with Crippen molar-refractivity contribution in [2.45, 2.75) is 18.9 Å². The second-order valence-electron chi connectivity index (χ2n) is 4.78. The van der Waals surface area contributed by atoms with Crippen LogP contribution in [0.25, 0.3) is 0 Å². The van der Waals surface area contributed by atoms with Gasteiger partial charge in [-0.25, -0.2) is 0 Å². The molecule has 20 heavy (non-hydrogen) atoms. The minimum atomic E-state index is -0.514. The van der Waals surface area contributed by atoms with Gasteiger partial charge in [0.2, 0.25) is 0 Å². The van der Waals surface area contributed by atoms with Gasteiger partial charge in [0.1, 0.15) is 0 Å². The zero-order valence-electron chi connectivity index (χ0n) is 11.2. The number of hydrogen-bond acceptors (Lipinski definition) is 5. The molecule has 1 saturated heterocycles. The fourth-order valence-electron chi connectivity index (χ4n) is 2.47. The van der Waals surface area contributed by atoms with Gasteiger partial charge in [-0.3, -0.25) is 14.9 Å². The van der Waals surface area contributed by atoms with Crippen LogP contribution < -0.4 is 5.73 Å². The number of rotatable bonds is 4. The van der Waals surface area contributed by atoms with E-state index >= 15 is 0 Å². The summed E-state index contributed by atoms with van der Waals surface area (Å²) in [6.45, 7) is 0.687. The van der Waals surface area contributed by atoms with Gasteiger partial charge >= 0.3 is 0 Å². The molecule has 0 aliphatic carbocycles. The molecule has 108 valence electrons. The Labute approximate surface area is 121 Å². The molecule has 0 radical (unpaired) electrons. The largest absolute Gasteiger partial charge is 0.398 e. The molecule has 1 fully saturated rings. The number of amides is 1. The van der Waals surface area contributed by atoms with Gasteiger partial charge in [0.25, 0.3) is 11.6 Å². The molecule has 0 aromatic heterocycles. The zero-order valence-corrected chi connectivity index (χ0v) is 12.1. The Morgan fingerprint density at radius 1 is 1.60 bits per heavy atom. The highest BCUT2D eigenvalue weighted by molar-refractivity contribution is 7.98. The first-order chi connectivity index (χ1) is 9.54. The number of nitro groups is 1. The number of hydrogen-bond donors (Lipinski definition) is 1. The maximum atomic E-state index is 12.5. The lowest BCUT2D eigenvalue weighted by atomic mass is 10.1. The Hall–Kier alpha value is -1.76. The van der Waals surface area contributed by atoms with Crippen molar-refractivity contribution in [1.82, 2.24) is 4.90 Å². The van der Waals surface area contributed by atoms with Crippen LogP contribution >= 0.6 is 11.8 Å². The van der Waals surface area contributed by atoms with Gasteiger partial charge in [0.15, 0.2) is 0 Å². The average Bonchev–Trinajstić information content (AvgIpc) is 2.87. The Balaban J connectivity index is 2.28. The second kappa shape index (κ2) is 6.13. The molecular formula is C13H17N3O3S. The lowest BCUT2D eigenvalue weighted by Gasteiger charge is -2.24. The predicted molar refractivity (Wildman–Crippen MR) is 79.9 cm³/mol. The third-order valence-corrected chi connectivity index (χ3v) is 4.19. The van der Waals surface area contributed by atoms with E-state index in [4.69, 9.17) is 5.73 Å². The molecule has 1 atom stereocenters. The number of nitro benzene ring substituents is 1. The molecule has 1 aliphatic heterocycles. The molecule has 1 aromatic rings. The molecule has 2 N–H and O–H groups in total. The van der Waals surface area contributed by atoms with Crippen molar-refractivity contribution < 1.29 is 9.72 Å². The number of likely N-dealkylation sites (tertiary alicyclic amines) is 1. The van der Waals surface area contributed by atoms with Crippen molar-refractivity contribution in [3.8, 4) is 0 Å². The van der Waals surface area contributed by atoms with E-state index in [1.807, 2.05) is 6.26 Å². The van der Waals surface area contributed by atoms with Crippen LogP contribution in [0, 0.1) is 10.1 Å². The van der Waals surface area contributed by atoms with Gasteiger partial charge in [0, 0.05) is 36.2 Å². The van der Waals surface area contributed by atoms with E-state index in [-0.39, 0.29) is 28.9 Å². The summed E-state index contributed by atoms with van der Waals surface area (Å²) in [5.41, 5.74) is 6.21. The molecule has 7 heteroatoms. The molecule has 1 heterocycles. The van der Waals surface area contributed by atoms with Crippen LogP contribution in [-0.4, -0.2) is 40.3 Å². The van der Waals surface area contributed by atoms with Crippen LogP contribution in [0.4, 0.5) is 11.4 Å². The predicted octanol–water partition coefficient (Wildman–Crippen LogP) is 2.14. The van der Waals surface area contributed by atoms with Crippen molar-refractivity contribution in [1.29, 1.82) is 0 Å². The summed E-state index contributed by atoms with van der Waals surface area (Å²) in [6, 6.07) is 4.20. The third kappa shape index (κ3) is 2.87. The highest BCUT2D eigenvalue weighted by Gasteiger charge is 2.30. The SMILES string of the molecule is CSC[C@@H]1CCCN1C(=O)c1cc([N+](=O)[O-])ccc1N. The fraction of sp³-hybridized carbons (Fsp3) is 0.462. The summed E-state index contributed by atoms with van der Waals surface area (Å²) in [4.78, 5) is 24.6. The van der Waals surface area contributed by atoms with Crippen molar-refractivity contribution in [2.24, 2.45) is 0 Å². The zero-order chi connectivity index (χ0) is 14.7. The number of nitrogens with two attached hydrogens (primary N) is 1. The second-order valence-corrected chi connectivity index (χ2v) is 5.69. The summed E-state index contributed by atoms with van der Waals surface area (Å²) < 4.78 is 0. The quantitative estimate of drug-likeness (QED) is 0.522. The fourth-order valence-corrected chi connectivity index (χ4v) is 3.20. The number of carbonyl (C=O) groups excluding carboxylic acids is 1. The van der Waals surface area contributed by atoms with Crippen LogP contribution in [0.1, 0.15) is 23.2 Å². The molecule has 0 spiro atoms. The van der Waals surface area contributed by atoms with E-state index in [9.17, 15) is 14.9 Å². The molecule has 0 bridgehead atoms. The lowest BCUT2D eigenvalue weighted by Crippen LogP contribution is -2.37. The summed E-state index contributed by atoms with van der Waals surface area (Å²) >= 11 is 1.69. The van der Waals surface area contributed by atoms with E-state index in [1.165, 1.54) is 18.2 Å². The van der Waals surface area contributed by atoms with Gasteiger partial charge < -0.3 is 10.6 Å². The van der Waals surface area contributed by atoms with Crippen molar-refractivity contribution in [3.05, 3.63) is 33.9 Å². The Kier molecular flexibility index (Phi) is 4.49. The highest BCUT2D eigenvalue weighted by atomic mass is 32.2. The number of benzene rings is 1. The van der Waals surface area contributed by atoms with Gasteiger partial charge in [-0.05, 0) is 25.2 Å². The van der Waals surface area contributed by atoms with Crippen molar-refractivity contribution in [2.75, 3.05) is 24.3 Å². The van der Waals surface area contributed by atoms with E-state index < -0.39 is 4.92 Å². The van der Waals surface area contributed by atoms with Crippen LogP contribution in [0.2, 0.25) is 0 Å². The van der Waals surface area contributed by atoms with Gasteiger partial charge in [-0.15, -0.1) is 0 Å². The Morgan fingerprint density at radius 2 is 2.35 bits per heavy atom. The number of anilines is 1. The smallest absolute Gasteiger partial charge is 0.270 e. The monoisotopic (exact) mass is 295 g/mol. The maximum absolute atomic E-state index is 12.5. The number of carbonyl (C=O) groups is 1. The Morgan fingerprint density at radius 3 is 3.00 bits per heavy atom. The number of non-ortho nitro benzene ring substituents is 1. The minimum Gasteiger partial charge on any atom is -0.398 e. The highest BCUT2D eigenvalue weighted by Crippen LogP contribution is 2.26. The van der Waals surface area contributed by atoms with Crippen molar-refractivity contribution >= 4 is 29.0 Å². The van der Waals surface area contributed by atoms with Crippen LogP contribution in [-0.2, 0) is 0 Å². The first-order valence-corrected chi connectivity index (χ1v) is 7.77. The standard InChI is InChI=1S/C13H17N3O3S/c1-20-8-10-3-2-6-15(10)13(17)11-7-9(16(18)19)4-5-12(11)14/h4-5,7,10H,2-3,6,8,14H2,1H3/t10-/m0/s1. The first-order valence-electron chi connectivity index (χ1n) is 6.38. The number of nitrogen functional groups attached to an aromatic ring is 1. The molecule has 0 saturated carbocycles. The lowest BCUT2D eigenvalue weighted by molar-refractivity contribution is -0.384. The summed E-state index contributed by atoms with van der Waals surface area (Å²) in [5.74, 6) is 0.670. The summed E-state index contributed by atoms with van der Waals surface area (Å²) in [6.07, 6.45) is 3.94. The summed E-state index contributed by atoms with van der Waals surface area (Å²) in [5, 5.41) is 10.8. The molecular weight excluding hydrogens is 278 g/mol. The van der Waals surface area contributed by atoms with Crippen LogP contribution in [0.3, 0.4) is 0 Å². The van der Waals surface area contributed by atoms with Crippen LogP contribution in [0.15, 0.2) is 18.2 Å². The number of thioether (sulfide) groups is 1. The van der Waals surface area contributed by atoms with Crippen molar-refractivity contribution in [3.63, 3.8) is 0 Å². The molecule has 1 aromatic carbocycles. The molecule has 0 unspecified atom stereocenters. The number of nitrogens with zero attached hydrogens (tertiary/aromatic N) is 2. The van der Waals surface area contributed by atoms with Gasteiger partial charge in [-0.1, -0.05) is 0 Å². The van der Waals surface area contributed by atoms with E-state index in [2.05, 4.69) is 0 Å². The molecule has 1 aliphatic rings. The molecule has 2 rings (SSSR count). The first kappa shape index (κ1) is 14.6. The van der Waals surface area contributed by atoms with Gasteiger partial charge in [-0.2, -0.15) is 11.8 Å². The third-order valence-electron chi connectivity index (χ3n) is 3.48. The minimum absolute atomic E-state index is 0.108. The molecule has 6 nitrogen and oxygen atoms in total. The van der Waals surface area contributed by atoms with Gasteiger partial charge in [0.05, 0.1) is 10.5 Å². The normalized spacial score (nSPS) is 18.2. The van der Waals surface area contributed by atoms with Crippen LogP contribution in [0.5, 0.6) is 0 Å². The molecule has 1 amide bonds. The summed E-state index contributed by atoms with van der Waals surface area (Å²) in [7, 11) is 0. The van der Waals surface area contributed by atoms with E-state index in [0.29, 0.717) is 6.54 Å².